The van der Waals surface area contributed by atoms with Crippen LogP contribution in [0.15, 0.2) is 37.0 Å². The summed E-state index contributed by atoms with van der Waals surface area (Å²) in [7, 11) is 0. The third-order valence-corrected chi connectivity index (χ3v) is 9.23. The minimum atomic E-state index is -0.780. The quantitative estimate of drug-likeness (QED) is 0.0273. The van der Waals surface area contributed by atoms with Crippen molar-refractivity contribution in [2.24, 2.45) is 0 Å². The van der Waals surface area contributed by atoms with Crippen LogP contribution in [-0.2, 0) is 28.6 Å². The molecule has 0 aromatic heterocycles. The molecule has 0 aliphatic carbocycles. The molecule has 0 heterocycles. The fourth-order valence-corrected chi connectivity index (χ4v) is 5.94. The normalized spacial score (nSPS) is 12.0. The maximum Gasteiger partial charge on any atom is 0.306 e. The Morgan fingerprint density at radius 1 is 0.431 bits per heavy atom. The van der Waals surface area contributed by atoms with Crippen molar-refractivity contribution < 1.29 is 28.6 Å². The lowest BCUT2D eigenvalue weighted by Gasteiger charge is -2.18. The van der Waals surface area contributed by atoms with Crippen molar-refractivity contribution in [1.29, 1.82) is 0 Å². The summed E-state index contributed by atoms with van der Waals surface area (Å²) < 4.78 is 16.6. The van der Waals surface area contributed by atoms with Crippen LogP contribution in [0.4, 0.5) is 0 Å². The molecule has 0 aliphatic rings. The number of carbonyl (C=O) groups excluding carboxylic acids is 3. The molecule has 6 nitrogen and oxygen atoms in total. The van der Waals surface area contributed by atoms with Gasteiger partial charge in [-0.15, -0.1) is 6.58 Å². The smallest absolute Gasteiger partial charge is 0.306 e. The number of carbonyl (C=O) groups is 3. The van der Waals surface area contributed by atoms with E-state index in [2.05, 4.69) is 44.7 Å². The molecule has 0 radical (unpaired) electrons. The zero-order valence-corrected chi connectivity index (χ0v) is 33.5. The molecule has 0 fully saturated rings. The minimum absolute atomic E-state index is 0.0853. The molecular weight excluding hydrogens is 636 g/mol. The van der Waals surface area contributed by atoms with Crippen LogP contribution in [0.1, 0.15) is 213 Å². The van der Waals surface area contributed by atoms with Crippen molar-refractivity contribution in [1.82, 2.24) is 0 Å². The van der Waals surface area contributed by atoms with Crippen LogP contribution in [-0.4, -0.2) is 37.2 Å². The molecule has 0 aromatic carbocycles. The van der Waals surface area contributed by atoms with Crippen LogP contribution in [0.3, 0.4) is 0 Å². The predicted octanol–water partition coefficient (Wildman–Crippen LogP) is 13.4. The Morgan fingerprint density at radius 3 is 1.12 bits per heavy atom. The van der Waals surface area contributed by atoms with E-state index < -0.39 is 6.10 Å². The number of unbranched alkanes of at least 4 members (excludes halogenated alkanes) is 23. The van der Waals surface area contributed by atoms with Crippen molar-refractivity contribution in [3.63, 3.8) is 0 Å². The molecule has 51 heavy (non-hydrogen) atoms. The lowest BCUT2D eigenvalue weighted by Crippen LogP contribution is -2.30. The summed E-state index contributed by atoms with van der Waals surface area (Å²) in [6, 6.07) is 0. The van der Waals surface area contributed by atoms with E-state index in [0.29, 0.717) is 19.3 Å². The van der Waals surface area contributed by atoms with Gasteiger partial charge in [0.2, 0.25) is 0 Å². The summed E-state index contributed by atoms with van der Waals surface area (Å²) in [5.41, 5.74) is 0. The zero-order chi connectivity index (χ0) is 37.3. The number of hydrogen-bond donors (Lipinski definition) is 0. The zero-order valence-electron chi connectivity index (χ0n) is 33.5. The van der Waals surface area contributed by atoms with Crippen LogP contribution in [0.2, 0.25) is 0 Å². The van der Waals surface area contributed by atoms with Crippen LogP contribution in [0, 0.1) is 0 Å². The van der Waals surface area contributed by atoms with E-state index in [0.717, 1.165) is 96.3 Å². The van der Waals surface area contributed by atoms with Gasteiger partial charge in [-0.2, -0.15) is 0 Å². The second kappa shape index (κ2) is 40.4. The Bertz CT molecular complexity index is 863. The first-order valence-corrected chi connectivity index (χ1v) is 21.4. The highest BCUT2D eigenvalue weighted by Crippen LogP contribution is 2.13. The van der Waals surface area contributed by atoms with E-state index >= 15 is 0 Å². The van der Waals surface area contributed by atoms with Crippen LogP contribution in [0.25, 0.3) is 0 Å². The van der Waals surface area contributed by atoms with E-state index in [1.54, 1.807) is 0 Å². The molecule has 0 saturated heterocycles. The second-order valence-corrected chi connectivity index (χ2v) is 14.3. The third-order valence-electron chi connectivity index (χ3n) is 9.23. The number of esters is 3. The van der Waals surface area contributed by atoms with Gasteiger partial charge in [-0.25, -0.2) is 0 Å². The predicted molar refractivity (Wildman–Crippen MR) is 215 cm³/mol. The van der Waals surface area contributed by atoms with Crippen LogP contribution in [0.5, 0.6) is 0 Å². The lowest BCUT2D eigenvalue weighted by atomic mass is 10.1. The largest absolute Gasteiger partial charge is 0.462 e. The fraction of sp³-hybridized carbons (Fsp3) is 0.800. The molecule has 1 unspecified atom stereocenters. The van der Waals surface area contributed by atoms with Crippen LogP contribution >= 0.6 is 0 Å². The Balaban J connectivity index is 4.34. The molecule has 0 aliphatic heterocycles. The summed E-state index contributed by atoms with van der Waals surface area (Å²) in [6.45, 7) is 8.06. The van der Waals surface area contributed by atoms with Gasteiger partial charge < -0.3 is 14.2 Å². The highest BCUT2D eigenvalue weighted by atomic mass is 16.6. The first-order valence-electron chi connectivity index (χ1n) is 21.4. The third kappa shape index (κ3) is 38.7. The fourth-order valence-electron chi connectivity index (χ4n) is 5.94. The van der Waals surface area contributed by atoms with Gasteiger partial charge in [0, 0.05) is 19.3 Å². The monoisotopic (exact) mass is 717 g/mol. The number of ether oxygens (including phenoxy) is 3. The van der Waals surface area contributed by atoms with Crippen molar-refractivity contribution in [3.05, 3.63) is 37.0 Å². The van der Waals surface area contributed by atoms with E-state index in [9.17, 15) is 14.4 Å². The minimum Gasteiger partial charge on any atom is -0.462 e. The van der Waals surface area contributed by atoms with Gasteiger partial charge in [0.05, 0.1) is 0 Å². The molecule has 0 spiro atoms. The number of rotatable bonds is 39. The topological polar surface area (TPSA) is 78.9 Å². The molecule has 0 rings (SSSR count). The maximum atomic E-state index is 12.6. The summed E-state index contributed by atoms with van der Waals surface area (Å²) in [5.74, 6) is -0.928. The van der Waals surface area contributed by atoms with Gasteiger partial charge in [-0.3, -0.25) is 14.4 Å². The molecule has 6 heteroatoms. The standard InChI is InChI=1S/C45H80O6/c1-4-7-10-13-16-18-20-22-24-26-29-32-35-38-44(47)50-41-42(40-49-43(46)37-34-31-28-15-12-9-6-3)51-45(48)39-36-33-30-27-25-23-21-19-17-14-11-8-5-2/h6,18-21,42H,3-5,7-17,22-41H2,1-2H3/b20-18+,21-19+. The van der Waals surface area contributed by atoms with Gasteiger partial charge in [-0.05, 0) is 83.5 Å². The van der Waals surface area contributed by atoms with Gasteiger partial charge in [0.25, 0.3) is 0 Å². The van der Waals surface area contributed by atoms with Crippen molar-refractivity contribution >= 4 is 17.9 Å². The van der Waals surface area contributed by atoms with Gasteiger partial charge in [0.1, 0.15) is 13.2 Å². The molecule has 0 amide bonds. The molecule has 296 valence electrons. The average Bonchev–Trinajstić information content (AvgIpc) is 3.12. The SMILES string of the molecule is C=CCCCCCCCC(=O)OCC(COC(=O)CCCCCCC/C=C/CCCCCC)OC(=O)CCCCCCC/C=C/CCCCCC. The summed E-state index contributed by atoms with van der Waals surface area (Å²) in [5, 5.41) is 0. The molecule has 0 saturated carbocycles. The Labute approximate surface area is 315 Å². The number of hydrogen-bond acceptors (Lipinski definition) is 6. The molecule has 0 N–H and O–H groups in total. The summed E-state index contributed by atoms with van der Waals surface area (Å²) in [4.78, 5) is 37.5. The first kappa shape index (κ1) is 48.6. The van der Waals surface area contributed by atoms with E-state index in [1.807, 2.05) is 6.08 Å². The van der Waals surface area contributed by atoms with Gasteiger partial charge in [0.15, 0.2) is 6.10 Å². The lowest BCUT2D eigenvalue weighted by molar-refractivity contribution is -0.167. The molecule has 0 aromatic rings. The highest BCUT2D eigenvalue weighted by Gasteiger charge is 2.19. The second-order valence-electron chi connectivity index (χ2n) is 14.3. The van der Waals surface area contributed by atoms with E-state index in [1.165, 1.54) is 83.5 Å². The van der Waals surface area contributed by atoms with Gasteiger partial charge in [-0.1, -0.05) is 141 Å². The molecule has 1 atom stereocenters. The van der Waals surface area contributed by atoms with E-state index in [-0.39, 0.29) is 31.1 Å². The van der Waals surface area contributed by atoms with Crippen molar-refractivity contribution in [2.45, 2.75) is 219 Å². The summed E-state index contributed by atoms with van der Waals surface area (Å²) >= 11 is 0. The van der Waals surface area contributed by atoms with Gasteiger partial charge >= 0.3 is 17.9 Å². The Kier molecular flexibility index (Phi) is 38.5. The Hall–Kier alpha value is -2.37. The number of allylic oxidation sites excluding steroid dienone is 5. The Morgan fingerprint density at radius 2 is 0.745 bits per heavy atom. The van der Waals surface area contributed by atoms with Crippen molar-refractivity contribution in [2.75, 3.05) is 13.2 Å². The molecular formula is C45H80O6. The maximum absolute atomic E-state index is 12.6. The first-order chi connectivity index (χ1) is 25.0. The van der Waals surface area contributed by atoms with Crippen molar-refractivity contribution in [3.8, 4) is 0 Å². The van der Waals surface area contributed by atoms with E-state index in [4.69, 9.17) is 14.2 Å². The highest BCUT2D eigenvalue weighted by molar-refractivity contribution is 5.71. The molecule has 0 bridgehead atoms. The van der Waals surface area contributed by atoms with Crippen LogP contribution < -0.4 is 0 Å². The average molecular weight is 717 g/mol. The summed E-state index contributed by atoms with van der Waals surface area (Å²) in [6.07, 6.45) is 43.1.